The molecule has 31 heavy (non-hydrogen) atoms. The highest BCUT2D eigenvalue weighted by molar-refractivity contribution is 5.90. The molecule has 0 radical (unpaired) electrons. The van der Waals surface area contributed by atoms with E-state index in [2.05, 4.69) is 15.4 Å². The second-order valence-corrected chi connectivity index (χ2v) is 6.93. The number of rotatable bonds is 4. The van der Waals surface area contributed by atoms with E-state index in [9.17, 15) is 18.0 Å². The molecule has 0 bridgehead atoms. The predicted octanol–water partition coefficient (Wildman–Crippen LogP) is 2.65. The molecule has 2 heterocycles. The maximum absolute atomic E-state index is 13.0. The Morgan fingerprint density at radius 2 is 1.71 bits per heavy atom. The van der Waals surface area contributed by atoms with Crippen LogP contribution in [-0.4, -0.2) is 64.3 Å². The van der Waals surface area contributed by atoms with Crippen molar-refractivity contribution in [2.45, 2.75) is 6.18 Å². The topological polar surface area (TPSA) is 76.4 Å². The summed E-state index contributed by atoms with van der Waals surface area (Å²) in [5, 5.41) is 11.9. The number of carbonyl (C=O) groups excluding carboxylic acids is 1. The fourth-order valence-electron chi connectivity index (χ4n) is 3.31. The largest absolute Gasteiger partial charge is 0.497 e. The quantitative estimate of drug-likeness (QED) is 0.631. The smallest absolute Gasteiger partial charge is 0.416 e. The summed E-state index contributed by atoms with van der Waals surface area (Å²) in [6.07, 6.45) is -4.39. The predicted molar refractivity (Wildman–Crippen MR) is 105 cm³/mol. The number of ether oxygens (including phenoxy) is 1. The molecular formula is C20H19F3N6O2. The van der Waals surface area contributed by atoms with Gasteiger partial charge in [-0.1, -0.05) is 6.07 Å². The van der Waals surface area contributed by atoms with Gasteiger partial charge in [-0.3, -0.25) is 4.79 Å². The summed E-state index contributed by atoms with van der Waals surface area (Å²) >= 11 is 0. The Kier molecular flexibility index (Phi) is 5.49. The van der Waals surface area contributed by atoms with Crippen molar-refractivity contribution in [3.63, 3.8) is 0 Å². The molecule has 0 spiro atoms. The third kappa shape index (κ3) is 4.44. The zero-order chi connectivity index (χ0) is 22.0. The second kappa shape index (κ2) is 8.25. The van der Waals surface area contributed by atoms with E-state index in [0.717, 1.165) is 12.1 Å². The Labute approximate surface area is 175 Å². The Morgan fingerprint density at radius 1 is 1.00 bits per heavy atom. The molecule has 1 aliphatic heterocycles. The van der Waals surface area contributed by atoms with Gasteiger partial charge in [0.05, 0.1) is 18.4 Å². The first-order chi connectivity index (χ1) is 14.8. The molecule has 8 nitrogen and oxygen atoms in total. The van der Waals surface area contributed by atoms with Crippen molar-refractivity contribution in [3.8, 4) is 11.4 Å². The van der Waals surface area contributed by atoms with Crippen molar-refractivity contribution < 1.29 is 22.7 Å². The molecule has 3 aromatic rings. The highest BCUT2D eigenvalue weighted by Gasteiger charge is 2.31. The summed E-state index contributed by atoms with van der Waals surface area (Å²) in [4.78, 5) is 17.4. The number of hydrogen-bond acceptors (Lipinski definition) is 6. The van der Waals surface area contributed by atoms with Crippen LogP contribution in [0.5, 0.6) is 5.75 Å². The van der Waals surface area contributed by atoms with E-state index in [-0.39, 0.29) is 11.7 Å². The van der Waals surface area contributed by atoms with Crippen LogP contribution in [0.2, 0.25) is 0 Å². The number of aromatic nitrogens is 4. The molecule has 0 N–H and O–H groups in total. The zero-order valence-electron chi connectivity index (χ0n) is 16.6. The van der Waals surface area contributed by atoms with Gasteiger partial charge in [0, 0.05) is 31.9 Å². The van der Waals surface area contributed by atoms with Crippen molar-refractivity contribution in [2.75, 3.05) is 38.2 Å². The number of piperazine rings is 1. The third-order valence-electron chi connectivity index (χ3n) is 5.01. The molecule has 0 saturated carbocycles. The zero-order valence-corrected chi connectivity index (χ0v) is 16.6. The third-order valence-corrected chi connectivity index (χ3v) is 5.01. The number of halogens is 3. The van der Waals surface area contributed by atoms with Gasteiger partial charge in [-0.05, 0) is 47.7 Å². The van der Waals surface area contributed by atoms with Gasteiger partial charge in [0.1, 0.15) is 5.75 Å². The second-order valence-electron chi connectivity index (χ2n) is 6.93. The van der Waals surface area contributed by atoms with Crippen molar-refractivity contribution in [2.24, 2.45) is 0 Å². The first-order valence-corrected chi connectivity index (χ1v) is 9.51. The van der Waals surface area contributed by atoms with Crippen LogP contribution in [0.3, 0.4) is 0 Å². The molecule has 0 unspecified atom stereocenters. The molecule has 0 atom stereocenters. The number of carbonyl (C=O) groups is 1. The molecule has 1 amide bonds. The fraction of sp³-hybridized carbons (Fsp3) is 0.300. The van der Waals surface area contributed by atoms with Crippen LogP contribution in [0.4, 0.5) is 18.9 Å². The van der Waals surface area contributed by atoms with E-state index in [1.165, 1.54) is 10.9 Å². The minimum Gasteiger partial charge on any atom is -0.497 e. The molecule has 1 saturated heterocycles. The van der Waals surface area contributed by atoms with Crippen molar-refractivity contribution in [1.29, 1.82) is 0 Å². The van der Waals surface area contributed by atoms with Gasteiger partial charge < -0.3 is 14.5 Å². The number of benzene rings is 2. The molecule has 1 aromatic heterocycles. The fourth-order valence-corrected chi connectivity index (χ4v) is 3.31. The number of nitrogens with zero attached hydrogens (tertiary/aromatic N) is 6. The van der Waals surface area contributed by atoms with Crippen LogP contribution in [0, 0.1) is 0 Å². The molecular weight excluding hydrogens is 413 g/mol. The molecule has 2 aromatic carbocycles. The first kappa shape index (κ1) is 20.6. The molecule has 1 aliphatic rings. The average molecular weight is 432 g/mol. The van der Waals surface area contributed by atoms with E-state index in [4.69, 9.17) is 4.74 Å². The average Bonchev–Trinajstić information content (AvgIpc) is 3.28. The summed E-state index contributed by atoms with van der Waals surface area (Å²) in [6, 6.07) is 12.2. The molecule has 162 valence electrons. The SMILES string of the molecule is COc1ccc(-n2nnc(C(=O)N3CCN(c4cccc(C(F)(F)F)c4)CC3)n2)cc1. The van der Waals surface area contributed by atoms with E-state index in [1.54, 1.807) is 42.3 Å². The lowest BCUT2D eigenvalue weighted by Crippen LogP contribution is -2.49. The van der Waals surface area contributed by atoms with Gasteiger partial charge in [-0.25, -0.2) is 0 Å². The number of methoxy groups -OCH3 is 1. The van der Waals surface area contributed by atoms with Crippen LogP contribution < -0.4 is 9.64 Å². The summed E-state index contributed by atoms with van der Waals surface area (Å²) < 4.78 is 44.0. The summed E-state index contributed by atoms with van der Waals surface area (Å²) in [5.74, 6) is 0.269. The highest BCUT2D eigenvalue weighted by atomic mass is 19.4. The van der Waals surface area contributed by atoms with Gasteiger partial charge in [0.15, 0.2) is 0 Å². The summed E-state index contributed by atoms with van der Waals surface area (Å²) in [5.41, 5.74) is 0.412. The Balaban J connectivity index is 1.40. The number of hydrogen-bond donors (Lipinski definition) is 0. The van der Waals surface area contributed by atoms with Crippen LogP contribution in [0.25, 0.3) is 5.69 Å². The number of tetrazole rings is 1. The molecule has 4 rings (SSSR count). The number of amides is 1. The van der Waals surface area contributed by atoms with E-state index in [0.29, 0.717) is 43.3 Å². The van der Waals surface area contributed by atoms with Crippen molar-refractivity contribution in [3.05, 3.63) is 59.9 Å². The Hall–Kier alpha value is -3.63. The lowest BCUT2D eigenvalue weighted by atomic mass is 10.1. The highest BCUT2D eigenvalue weighted by Crippen LogP contribution is 2.31. The van der Waals surface area contributed by atoms with Crippen molar-refractivity contribution >= 4 is 11.6 Å². The van der Waals surface area contributed by atoms with E-state index in [1.807, 2.05) is 4.90 Å². The minimum absolute atomic E-state index is 0.0386. The van der Waals surface area contributed by atoms with Crippen LogP contribution in [-0.2, 0) is 6.18 Å². The Bertz CT molecular complexity index is 1060. The Morgan fingerprint density at radius 3 is 2.35 bits per heavy atom. The van der Waals surface area contributed by atoms with Crippen LogP contribution >= 0.6 is 0 Å². The standard InChI is InChI=1S/C20H19F3N6O2/c1-31-17-7-5-15(6-8-17)29-25-18(24-26-29)19(30)28-11-9-27(10-12-28)16-4-2-3-14(13-16)20(21,22)23/h2-8,13H,9-12H2,1H3. The van der Waals surface area contributed by atoms with Crippen molar-refractivity contribution in [1.82, 2.24) is 25.1 Å². The first-order valence-electron chi connectivity index (χ1n) is 9.51. The molecule has 0 aliphatic carbocycles. The van der Waals surface area contributed by atoms with Gasteiger partial charge in [-0.2, -0.15) is 13.2 Å². The van der Waals surface area contributed by atoms with Crippen LogP contribution in [0.1, 0.15) is 16.2 Å². The monoisotopic (exact) mass is 432 g/mol. The lowest BCUT2D eigenvalue weighted by Gasteiger charge is -2.35. The minimum atomic E-state index is -4.39. The molecule has 1 fully saturated rings. The van der Waals surface area contributed by atoms with E-state index >= 15 is 0 Å². The number of alkyl halides is 3. The van der Waals surface area contributed by atoms with Gasteiger partial charge in [0.25, 0.3) is 11.7 Å². The summed E-state index contributed by atoms with van der Waals surface area (Å²) in [7, 11) is 1.56. The summed E-state index contributed by atoms with van der Waals surface area (Å²) in [6.45, 7) is 1.48. The maximum atomic E-state index is 13.0. The van der Waals surface area contributed by atoms with E-state index < -0.39 is 11.7 Å². The maximum Gasteiger partial charge on any atom is 0.416 e. The lowest BCUT2D eigenvalue weighted by molar-refractivity contribution is -0.137. The van der Waals surface area contributed by atoms with Gasteiger partial charge in [0.2, 0.25) is 0 Å². The number of anilines is 1. The molecule has 11 heteroatoms. The normalized spacial score (nSPS) is 14.6. The van der Waals surface area contributed by atoms with Gasteiger partial charge in [-0.15, -0.1) is 15.0 Å². The van der Waals surface area contributed by atoms with Crippen LogP contribution in [0.15, 0.2) is 48.5 Å². The van der Waals surface area contributed by atoms with Gasteiger partial charge >= 0.3 is 6.18 Å².